The first kappa shape index (κ1) is 11.9. The first-order chi connectivity index (χ1) is 5.91. The van der Waals surface area contributed by atoms with Gasteiger partial charge in [-0.25, -0.2) is 0 Å². The summed E-state index contributed by atoms with van der Waals surface area (Å²) < 4.78 is 0. The lowest BCUT2D eigenvalue weighted by atomic mass is 10.2. The number of hydrogen-bond acceptors (Lipinski definition) is 2. The summed E-state index contributed by atoms with van der Waals surface area (Å²) in [5.41, 5.74) is 0. The predicted octanol–water partition coefficient (Wildman–Crippen LogP) is 1.93. The highest BCUT2D eigenvalue weighted by atomic mass is 16.2. The molecule has 0 atom stereocenters. The molecular weight excluding hydrogens is 150 g/mol. The first-order valence-electron chi connectivity index (χ1n) is 5.23. The molecule has 2 N–H and O–H groups in total. The summed E-state index contributed by atoms with van der Waals surface area (Å²) in [4.78, 5) is 0. The van der Waals surface area contributed by atoms with Crippen molar-refractivity contribution < 1.29 is 5.11 Å². The van der Waals surface area contributed by atoms with E-state index in [4.69, 9.17) is 5.11 Å². The molecule has 0 amide bonds. The van der Waals surface area contributed by atoms with Crippen molar-refractivity contribution in [3.63, 3.8) is 0 Å². The SMILES string of the molecule is C1CCNC1.CCCCCCO. The maximum atomic E-state index is 8.29. The van der Waals surface area contributed by atoms with Crippen molar-refractivity contribution in [2.75, 3.05) is 19.7 Å². The van der Waals surface area contributed by atoms with Crippen LogP contribution in [0.5, 0.6) is 0 Å². The molecule has 1 fully saturated rings. The standard InChI is InChI=1S/C6H14O.C4H9N/c1-2-3-4-5-6-7;1-2-4-5-3-1/h7H,2-6H2,1H3;5H,1-4H2. The van der Waals surface area contributed by atoms with Gasteiger partial charge in [-0.15, -0.1) is 0 Å². The summed E-state index contributed by atoms with van der Waals surface area (Å²) in [6.07, 6.45) is 7.46. The minimum Gasteiger partial charge on any atom is -0.396 e. The molecule has 0 aromatic rings. The van der Waals surface area contributed by atoms with E-state index in [0.717, 1.165) is 6.42 Å². The van der Waals surface area contributed by atoms with Crippen molar-refractivity contribution >= 4 is 0 Å². The van der Waals surface area contributed by atoms with Gasteiger partial charge in [0.15, 0.2) is 0 Å². The second kappa shape index (κ2) is 10.9. The molecule has 1 aliphatic heterocycles. The lowest BCUT2D eigenvalue weighted by Crippen LogP contribution is -2.03. The number of aliphatic hydroxyl groups is 1. The zero-order chi connectivity index (χ0) is 9.07. The number of rotatable bonds is 4. The fraction of sp³-hybridized carbons (Fsp3) is 1.00. The summed E-state index contributed by atoms with van der Waals surface area (Å²) in [5, 5.41) is 11.5. The van der Waals surface area contributed by atoms with E-state index in [2.05, 4.69) is 12.2 Å². The molecule has 0 aliphatic carbocycles. The van der Waals surface area contributed by atoms with Gasteiger partial charge in [0.25, 0.3) is 0 Å². The van der Waals surface area contributed by atoms with Crippen molar-refractivity contribution in [1.29, 1.82) is 0 Å². The Morgan fingerprint density at radius 1 is 1.08 bits per heavy atom. The molecule has 2 heteroatoms. The average Bonchev–Trinajstić information content (AvgIpc) is 2.62. The van der Waals surface area contributed by atoms with Gasteiger partial charge in [0.05, 0.1) is 0 Å². The molecule has 0 spiro atoms. The van der Waals surface area contributed by atoms with E-state index < -0.39 is 0 Å². The van der Waals surface area contributed by atoms with Gasteiger partial charge in [-0.2, -0.15) is 0 Å². The van der Waals surface area contributed by atoms with Crippen LogP contribution in [0.25, 0.3) is 0 Å². The highest BCUT2D eigenvalue weighted by molar-refractivity contribution is 4.55. The van der Waals surface area contributed by atoms with Crippen LogP contribution in [0.1, 0.15) is 45.4 Å². The second-order valence-corrected chi connectivity index (χ2v) is 3.24. The van der Waals surface area contributed by atoms with Gasteiger partial charge in [-0.05, 0) is 32.4 Å². The van der Waals surface area contributed by atoms with Crippen LogP contribution in [-0.4, -0.2) is 24.8 Å². The Hall–Kier alpha value is -0.0800. The third kappa shape index (κ3) is 9.92. The van der Waals surface area contributed by atoms with Gasteiger partial charge < -0.3 is 10.4 Å². The Morgan fingerprint density at radius 3 is 2.08 bits per heavy atom. The van der Waals surface area contributed by atoms with Crippen LogP contribution < -0.4 is 5.32 Å². The fourth-order valence-electron chi connectivity index (χ4n) is 1.16. The van der Waals surface area contributed by atoms with E-state index in [1.165, 1.54) is 45.2 Å². The monoisotopic (exact) mass is 173 g/mol. The minimum atomic E-state index is 0.361. The highest BCUT2D eigenvalue weighted by Gasteiger charge is 1.93. The third-order valence-electron chi connectivity index (χ3n) is 1.97. The number of nitrogens with one attached hydrogen (secondary N) is 1. The van der Waals surface area contributed by atoms with Gasteiger partial charge in [-0.1, -0.05) is 26.2 Å². The van der Waals surface area contributed by atoms with Crippen molar-refractivity contribution in [2.45, 2.75) is 45.4 Å². The van der Waals surface area contributed by atoms with Gasteiger partial charge in [-0.3, -0.25) is 0 Å². The van der Waals surface area contributed by atoms with Crippen molar-refractivity contribution in [3.05, 3.63) is 0 Å². The quantitative estimate of drug-likeness (QED) is 0.637. The van der Waals surface area contributed by atoms with Crippen LogP contribution in [0, 0.1) is 0 Å². The second-order valence-electron chi connectivity index (χ2n) is 3.24. The van der Waals surface area contributed by atoms with Gasteiger partial charge >= 0.3 is 0 Å². The molecule has 0 bridgehead atoms. The van der Waals surface area contributed by atoms with E-state index in [-0.39, 0.29) is 0 Å². The van der Waals surface area contributed by atoms with E-state index in [1.54, 1.807) is 0 Å². The molecule has 1 rings (SSSR count). The smallest absolute Gasteiger partial charge is 0.0431 e. The normalized spacial score (nSPS) is 15.5. The zero-order valence-electron chi connectivity index (χ0n) is 8.31. The summed E-state index contributed by atoms with van der Waals surface area (Å²) >= 11 is 0. The summed E-state index contributed by atoms with van der Waals surface area (Å²) in [6, 6.07) is 0. The summed E-state index contributed by atoms with van der Waals surface area (Å²) in [5.74, 6) is 0. The summed E-state index contributed by atoms with van der Waals surface area (Å²) in [7, 11) is 0. The zero-order valence-corrected chi connectivity index (χ0v) is 8.31. The first-order valence-corrected chi connectivity index (χ1v) is 5.23. The molecule has 74 valence electrons. The molecule has 1 aliphatic rings. The molecule has 1 saturated heterocycles. The lowest BCUT2D eigenvalue weighted by Gasteiger charge is -1.90. The predicted molar refractivity (Wildman–Crippen MR) is 53.3 cm³/mol. The van der Waals surface area contributed by atoms with E-state index in [0.29, 0.717) is 6.61 Å². The van der Waals surface area contributed by atoms with Crippen LogP contribution in [0.15, 0.2) is 0 Å². The Kier molecular flexibility index (Phi) is 10.8. The maximum absolute atomic E-state index is 8.29. The van der Waals surface area contributed by atoms with E-state index in [9.17, 15) is 0 Å². The minimum absolute atomic E-state index is 0.361. The molecule has 12 heavy (non-hydrogen) atoms. The van der Waals surface area contributed by atoms with E-state index in [1.807, 2.05) is 0 Å². The largest absolute Gasteiger partial charge is 0.396 e. The van der Waals surface area contributed by atoms with Crippen LogP contribution in [-0.2, 0) is 0 Å². The van der Waals surface area contributed by atoms with Gasteiger partial charge in [0.2, 0.25) is 0 Å². The average molecular weight is 173 g/mol. The van der Waals surface area contributed by atoms with Crippen LogP contribution >= 0.6 is 0 Å². The fourth-order valence-corrected chi connectivity index (χ4v) is 1.16. The molecule has 0 unspecified atom stereocenters. The topological polar surface area (TPSA) is 32.3 Å². The highest BCUT2D eigenvalue weighted by Crippen LogP contribution is 1.96. The summed E-state index contributed by atoms with van der Waals surface area (Å²) in [6.45, 7) is 5.03. The van der Waals surface area contributed by atoms with Crippen LogP contribution in [0.3, 0.4) is 0 Å². The molecule has 0 radical (unpaired) electrons. The van der Waals surface area contributed by atoms with Crippen LogP contribution in [0.4, 0.5) is 0 Å². The third-order valence-corrected chi connectivity index (χ3v) is 1.97. The van der Waals surface area contributed by atoms with Crippen molar-refractivity contribution in [1.82, 2.24) is 5.32 Å². The Morgan fingerprint density at radius 2 is 1.75 bits per heavy atom. The molecule has 2 nitrogen and oxygen atoms in total. The number of unbranched alkanes of at least 4 members (excludes halogenated alkanes) is 3. The lowest BCUT2D eigenvalue weighted by molar-refractivity contribution is 0.283. The number of hydrogen-bond donors (Lipinski definition) is 2. The van der Waals surface area contributed by atoms with Gasteiger partial charge in [0.1, 0.15) is 0 Å². The molecular formula is C10H23NO. The molecule has 1 heterocycles. The van der Waals surface area contributed by atoms with E-state index >= 15 is 0 Å². The van der Waals surface area contributed by atoms with Crippen molar-refractivity contribution in [3.8, 4) is 0 Å². The number of aliphatic hydroxyl groups excluding tert-OH is 1. The maximum Gasteiger partial charge on any atom is 0.0431 e. The van der Waals surface area contributed by atoms with Crippen LogP contribution in [0.2, 0.25) is 0 Å². The molecule has 0 aromatic heterocycles. The molecule has 0 aromatic carbocycles. The van der Waals surface area contributed by atoms with Gasteiger partial charge in [0, 0.05) is 6.61 Å². The Bertz CT molecular complexity index is 60.6. The molecule has 0 saturated carbocycles. The Labute approximate surface area is 76.4 Å². The van der Waals surface area contributed by atoms with Crippen molar-refractivity contribution in [2.24, 2.45) is 0 Å². The Balaban J connectivity index is 0.000000211.